The number of rotatable bonds is 12. The van der Waals surface area contributed by atoms with Crippen molar-refractivity contribution in [2.75, 3.05) is 19.8 Å². The van der Waals surface area contributed by atoms with E-state index in [0.717, 1.165) is 29.9 Å². The van der Waals surface area contributed by atoms with Crippen LogP contribution in [0.1, 0.15) is 71.1 Å². The zero-order valence-corrected chi connectivity index (χ0v) is 38.7. The monoisotopic (exact) mass is 959 g/mol. The lowest BCUT2D eigenvalue weighted by atomic mass is 9.91. The van der Waals surface area contributed by atoms with Gasteiger partial charge in [0.2, 0.25) is 29.1 Å². The highest BCUT2D eigenvalue weighted by molar-refractivity contribution is 6.42. The number of carbonyl (C=O) groups is 2. The summed E-state index contributed by atoms with van der Waals surface area (Å²) in [6, 6.07) is 16.3. The molecule has 62 heavy (non-hydrogen) atoms. The van der Waals surface area contributed by atoms with Gasteiger partial charge in [0.05, 0.1) is 73.9 Å². The second-order valence-electron chi connectivity index (χ2n) is 14.4. The standard InChI is InChI=1S/C21H19Cl3N2O3.C20H16Cl3N3O2.C4H8O/c1-11-13(5-7-18(25-3)20(11)24)8-15(12(2)27)21(29)26-10-19(28)14-4-6-16(22)17(23)9-14;1-10-12(5-7-17(24-3)18(10)23)8-14(11(2)27)20-26-25-19(28-20)13-4-6-15(21)16(22)9-13;1-2-4-5-3-1/h4-7,9,12,15,27H,8,10H2,1-2H3,(H,26,29);4-7,9,11,14,27H,8H2,1-2H3;1-4H2/t12-,15+;11-,14+;/m00./s1. The van der Waals surface area contributed by atoms with Crippen molar-refractivity contribution in [1.29, 1.82) is 0 Å². The molecule has 2 heterocycles. The molecule has 4 atom stereocenters. The number of aromatic nitrogens is 2. The molecule has 11 nitrogen and oxygen atoms in total. The molecule has 6 rings (SSSR count). The summed E-state index contributed by atoms with van der Waals surface area (Å²) in [6.07, 6.45) is 1.52. The van der Waals surface area contributed by atoms with Gasteiger partial charge in [0, 0.05) is 24.3 Å². The molecule has 0 saturated carbocycles. The van der Waals surface area contributed by atoms with Gasteiger partial charge in [0.25, 0.3) is 0 Å². The molecular weight excluding hydrogens is 919 g/mol. The molecule has 0 unspecified atom stereocenters. The lowest BCUT2D eigenvalue weighted by molar-refractivity contribution is -0.127. The number of ether oxygens (including phenoxy) is 1. The van der Waals surface area contributed by atoms with E-state index in [9.17, 15) is 19.8 Å². The van der Waals surface area contributed by atoms with E-state index in [2.05, 4.69) is 25.2 Å². The average Bonchev–Trinajstić information content (AvgIpc) is 4.00. The van der Waals surface area contributed by atoms with E-state index in [4.69, 9.17) is 91.9 Å². The highest BCUT2D eigenvalue weighted by Crippen LogP contribution is 2.36. The summed E-state index contributed by atoms with van der Waals surface area (Å²) in [4.78, 5) is 31.7. The Morgan fingerprint density at radius 3 is 1.77 bits per heavy atom. The summed E-state index contributed by atoms with van der Waals surface area (Å²) in [5.74, 6) is -1.42. The van der Waals surface area contributed by atoms with Gasteiger partial charge >= 0.3 is 0 Å². The number of nitrogens with one attached hydrogen (secondary N) is 1. The Hall–Kier alpha value is -4.24. The van der Waals surface area contributed by atoms with Crippen LogP contribution in [0.15, 0.2) is 65.1 Å². The maximum Gasteiger partial charge on any atom is 0.247 e. The normalized spacial score (nSPS) is 13.8. The Balaban J connectivity index is 0.000000244. The van der Waals surface area contributed by atoms with Gasteiger partial charge in [-0.2, -0.15) is 0 Å². The first-order chi connectivity index (χ1) is 29.5. The van der Waals surface area contributed by atoms with Crippen LogP contribution in [-0.4, -0.2) is 64.1 Å². The molecule has 1 aliphatic rings. The van der Waals surface area contributed by atoms with E-state index in [0.29, 0.717) is 65.5 Å². The molecule has 3 N–H and O–H groups in total. The number of hydrogen-bond acceptors (Lipinski definition) is 8. The molecule has 0 aliphatic carbocycles. The lowest BCUT2D eigenvalue weighted by Crippen LogP contribution is -2.40. The topological polar surface area (TPSA) is 144 Å². The maximum atomic E-state index is 12.6. The zero-order valence-electron chi connectivity index (χ0n) is 34.1. The summed E-state index contributed by atoms with van der Waals surface area (Å²) in [6.45, 7) is 22.8. The Morgan fingerprint density at radius 2 is 1.29 bits per heavy atom. The van der Waals surface area contributed by atoms with Crippen LogP contribution in [-0.2, 0) is 22.4 Å². The fourth-order valence-electron chi connectivity index (χ4n) is 6.17. The number of hydrogen-bond donors (Lipinski definition) is 3. The van der Waals surface area contributed by atoms with E-state index < -0.39 is 30.0 Å². The number of halogens is 6. The van der Waals surface area contributed by atoms with Crippen molar-refractivity contribution in [3.63, 3.8) is 0 Å². The Kier molecular flexibility index (Phi) is 19.5. The van der Waals surface area contributed by atoms with Crippen LogP contribution in [0.4, 0.5) is 11.4 Å². The molecule has 17 heteroatoms. The van der Waals surface area contributed by atoms with E-state index in [1.165, 1.54) is 38.0 Å². The van der Waals surface area contributed by atoms with Gasteiger partial charge in [-0.05, 0) is 112 Å². The number of ketones is 1. The van der Waals surface area contributed by atoms with Crippen molar-refractivity contribution in [1.82, 2.24) is 15.5 Å². The predicted octanol–water partition coefficient (Wildman–Crippen LogP) is 12.1. The minimum Gasteiger partial charge on any atom is -0.420 e. The molecule has 1 aromatic heterocycles. The number of nitrogens with zero attached hydrogens (tertiary/aromatic N) is 4. The lowest BCUT2D eigenvalue weighted by Gasteiger charge is -2.21. The van der Waals surface area contributed by atoms with E-state index in [1.807, 2.05) is 13.0 Å². The summed E-state index contributed by atoms with van der Waals surface area (Å²) in [5, 5.41) is 33.3. The van der Waals surface area contributed by atoms with Crippen LogP contribution in [0.5, 0.6) is 0 Å². The number of carbonyl (C=O) groups excluding carboxylic acids is 2. The average molecular weight is 963 g/mol. The summed E-state index contributed by atoms with van der Waals surface area (Å²) in [5.41, 5.74) is 4.82. The second-order valence-corrected chi connectivity index (χ2v) is 16.7. The van der Waals surface area contributed by atoms with Gasteiger partial charge in [0.15, 0.2) is 5.78 Å². The van der Waals surface area contributed by atoms with Crippen molar-refractivity contribution in [2.45, 2.75) is 71.5 Å². The summed E-state index contributed by atoms with van der Waals surface area (Å²) < 4.78 is 10.8. The zero-order chi connectivity index (χ0) is 45.7. The first kappa shape index (κ1) is 50.4. The minimum atomic E-state index is -0.950. The van der Waals surface area contributed by atoms with Crippen LogP contribution in [0.25, 0.3) is 21.1 Å². The molecule has 1 aliphatic heterocycles. The Labute approximate surface area is 390 Å². The van der Waals surface area contributed by atoms with Crippen LogP contribution < -0.4 is 5.32 Å². The SMILES string of the molecule is C1CCOC1.[C-]#[N+]c1ccc(C[C@@H](C(=O)NCC(=O)c2ccc(Cl)c(Cl)c2)[C@H](C)O)c(C)c1Cl.[C-]#[N+]c1ccc(C[C@@H](c2nnc(-c3ccc(Cl)c(Cl)c3)o2)[C@H](C)O)c(C)c1Cl. The van der Waals surface area contributed by atoms with Gasteiger partial charge in [-0.25, -0.2) is 9.69 Å². The van der Waals surface area contributed by atoms with E-state index in [1.54, 1.807) is 50.2 Å². The molecule has 4 aromatic carbocycles. The molecule has 1 saturated heterocycles. The van der Waals surface area contributed by atoms with Crippen LogP contribution in [0, 0.1) is 32.9 Å². The van der Waals surface area contributed by atoms with Gasteiger partial charge in [-0.3, -0.25) is 9.59 Å². The second kappa shape index (κ2) is 24.0. The first-order valence-electron chi connectivity index (χ1n) is 19.3. The predicted molar refractivity (Wildman–Crippen MR) is 246 cm³/mol. The summed E-state index contributed by atoms with van der Waals surface area (Å²) >= 11 is 36.2. The molecule has 5 aromatic rings. The van der Waals surface area contributed by atoms with Gasteiger partial charge in [-0.15, -0.1) is 10.2 Å². The largest absolute Gasteiger partial charge is 0.420 e. The van der Waals surface area contributed by atoms with Crippen molar-refractivity contribution in [3.8, 4) is 11.5 Å². The van der Waals surface area contributed by atoms with Crippen LogP contribution >= 0.6 is 69.6 Å². The number of benzene rings is 4. The molecule has 326 valence electrons. The van der Waals surface area contributed by atoms with E-state index >= 15 is 0 Å². The molecular formula is C45H43Cl6N5O6. The smallest absolute Gasteiger partial charge is 0.247 e. The Morgan fingerprint density at radius 1 is 0.742 bits per heavy atom. The van der Waals surface area contributed by atoms with E-state index in [-0.39, 0.29) is 29.7 Å². The van der Waals surface area contributed by atoms with Crippen molar-refractivity contribution in [2.24, 2.45) is 5.92 Å². The number of aliphatic hydroxyl groups is 2. The first-order valence-corrected chi connectivity index (χ1v) is 21.5. The van der Waals surface area contributed by atoms with Crippen molar-refractivity contribution >= 4 is 92.7 Å². The number of aliphatic hydroxyl groups excluding tert-OH is 2. The van der Waals surface area contributed by atoms with Gasteiger partial charge in [-0.1, -0.05) is 93.9 Å². The minimum absolute atomic E-state index is 0.217. The third kappa shape index (κ3) is 13.6. The number of amides is 1. The maximum absolute atomic E-state index is 12.6. The van der Waals surface area contributed by atoms with Crippen LogP contribution in [0.3, 0.4) is 0 Å². The Bertz CT molecular complexity index is 2450. The molecule has 0 spiro atoms. The molecule has 0 radical (unpaired) electrons. The number of Topliss-reactive ketones (excluding diaryl/α,β-unsaturated/α-hetero) is 1. The molecule has 1 fully saturated rings. The van der Waals surface area contributed by atoms with Crippen molar-refractivity contribution < 1.29 is 29.0 Å². The third-order valence-corrected chi connectivity index (χ3v) is 12.4. The van der Waals surface area contributed by atoms with Crippen molar-refractivity contribution in [3.05, 3.63) is 147 Å². The highest BCUT2D eigenvalue weighted by atomic mass is 35.5. The van der Waals surface area contributed by atoms with Crippen LogP contribution in [0.2, 0.25) is 30.1 Å². The molecule has 1 amide bonds. The summed E-state index contributed by atoms with van der Waals surface area (Å²) in [7, 11) is 0. The fourth-order valence-corrected chi connectivity index (χ4v) is 7.22. The highest BCUT2D eigenvalue weighted by Gasteiger charge is 2.27. The molecule has 0 bridgehead atoms. The van der Waals surface area contributed by atoms with Gasteiger partial charge in [0.1, 0.15) is 0 Å². The fraction of sp³-hybridized carbons (Fsp3) is 0.333. The third-order valence-electron chi connectivity index (χ3n) is 9.99. The quantitative estimate of drug-likeness (QED) is 0.0828. The van der Waals surface area contributed by atoms with Gasteiger partial charge < -0.3 is 24.7 Å².